The first-order chi connectivity index (χ1) is 8.75. The summed E-state index contributed by atoms with van der Waals surface area (Å²) >= 11 is 0. The van der Waals surface area contributed by atoms with Gasteiger partial charge in [-0.25, -0.2) is 0 Å². The Balaban J connectivity index is 2.88. The molecule has 1 aromatic heterocycles. The zero-order valence-corrected chi connectivity index (χ0v) is 11.5. The van der Waals surface area contributed by atoms with Crippen LogP contribution in [0.15, 0.2) is 29.1 Å². The third-order valence-corrected chi connectivity index (χ3v) is 3.59. The lowest BCUT2D eigenvalue weighted by molar-refractivity contribution is -0.142. The van der Waals surface area contributed by atoms with Gasteiger partial charge in [0.15, 0.2) is 0 Å². The van der Waals surface area contributed by atoms with Crippen LogP contribution in [0.25, 0.3) is 10.9 Å². The van der Waals surface area contributed by atoms with Gasteiger partial charge in [0, 0.05) is 12.6 Å². The number of nitrogens with zero attached hydrogens (tertiary/aromatic N) is 1. The van der Waals surface area contributed by atoms with Gasteiger partial charge in [-0.05, 0) is 44.4 Å². The Bertz CT molecular complexity index is 726. The minimum absolute atomic E-state index is 0.260. The number of pyridine rings is 1. The van der Waals surface area contributed by atoms with E-state index in [-0.39, 0.29) is 5.56 Å². The van der Waals surface area contributed by atoms with Crippen LogP contribution in [0, 0.1) is 6.92 Å². The summed E-state index contributed by atoms with van der Waals surface area (Å²) in [5, 5.41) is 10.2. The van der Waals surface area contributed by atoms with E-state index in [4.69, 9.17) is 0 Å². The average Bonchev–Trinajstić information content (AvgIpc) is 2.33. The minimum atomic E-state index is -1.20. The van der Waals surface area contributed by atoms with Crippen molar-refractivity contribution in [1.82, 2.24) is 4.57 Å². The van der Waals surface area contributed by atoms with E-state index in [9.17, 15) is 14.7 Å². The van der Waals surface area contributed by atoms with E-state index in [0.717, 1.165) is 16.5 Å². The van der Waals surface area contributed by atoms with Gasteiger partial charge in [0.05, 0.1) is 10.9 Å². The monoisotopic (exact) mass is 259 g/mol. The Kier molecular flexibility index (Phi) is 2.97. The molecule has 100 valence electrons. The van der Waals surface area contributed by atoms with Crippen molar-refractivity contribution in [2.45, 2.75) is 26.2 Å². The number of rotatable bonds is 2. The number of carbonyl (C=O) groups is 1. The molecule has 0 aliphatic heterocycles. The third kappa shape index (κ3) is 2.03. The van der Waals surface area contributed by atoms with Gasteiger partial charge in [-0.1, -0.05) is 11.6 Å². The molecular formula is C15H17NO3. The van der Waals surface area contributed by atoms with Crippen LogP contribution >= 0.6 is 0 Å². The van der Waals surface area contributed by atoms with Crippen molar-refractivity contribution in [2.24, 2.45) is 7.05 Å². The van der Waals surface area contributed by atoms with Crippen molar-refractivity contribution >= 4 is 16.9 Å². The molecular weight excluding hydrogens is 242 g/mol. The van der Waals surface area contributed by atoms with Crippen LogP contribution in [0.2, 0.25) is 0 Å². The Morgan fingerprint density at radius 2 is 1.89 bits per heavy atom. The second-order valence-electron chi connectivity index (χ2n) is 5.41. The highest BCUT2D eigenvalue weighted by molar-refractivity contribution is 5.85. The summed E-state index contributed by atoms with van der Waals surface area (Å²) in [6, 6.07) is 7.46. The molecule has 0 radical (unpaired) electrons. The molecule has 0 unspecified atom stereocenters. The van der Waals surface area contributed by atoms with Gasteiger partial charge in [0.2, 0.25) is 0 Å². The third-order valence-electron chi connectivity index (χ3n) is 3.59. The summed E-state index contributed by atoms with van der Waals surface area (Å²) in [6.07, 6.45) is 0. The normalized spacial score (nSPS) is 11.8. The number of aliphatic carboxylic acids is 1. The molecule has 0 atom stereocenters. The molecule has 1 N–H and O–H groups in total. The number of benzene rings is 1. The summed E-state index contributed by atoms with van der Waals surface area (Å²) in [7, 11) is 1.67. The SMILES string of the molecule is Cc1ccc2c(c1)cc(C(C)(C)C(=O)O)c(=O)n2C. The van der Waals surface area contributed by atoms with Crippen LogP contribution in [0.4, 0.5) is 0 Å². The average molecular weight is 259 g/mol. The maximum Gasteiger partial charge on any atom is 0.313 e. The Morgan fingerprint density at radius 3 is 2.47 bits per heavy atom. The summed E-state index contributed by atoms with van der Waals surface area (Å²) < 4.78 is 1.51. The zero-order valence-electron chi connectivity index (χ0n) is 11.5. The first-order valence-electron chi connectivity index (χ1n) is 6.09. The van der Waals surface area contributed by atoms with E-state index in [0.29, 0.717) is 5.56 Å². The molecule has 0 aliphatic carbocycles. The summed E-state index contributed by atoms with van der Waals surface area (Å²) in [5.74, 6) is -1.00. The molecule has 0 spiro atoms. The van der Waals surface area contributed by atoms with Crippen molar-refractivity contribution in [1.29, 1.82) is 0 Å². The zero-order chi connectivity index (χ0) is 14.4. The molecule has 0 aliphatic rings. The molecule has 2 rings (SSSR count). The summed E-state index contributed by atoms with van der Waals surface area (Å²) in [4.78, 5) is 23.7. The molecule has 1 heterocycles. The van der Waals surface area contributed by atoms with Crippen LogP contribution in [0.3, 0.4) is 0 Å². The predicted octanol–water partition coefficient (Wildman–Crippen LogP) is 2.21. The number of carboxylic acid groups (broad SMARTS) is 1. The van der Waals surface area contributed by atoms with Gasteiger partial charge in [0.25, 0.3) is 5.56 Å². The molecule has 19 heavy (non-hydrogen) atoms. The second kappa shape index (κ2) is 4.23. The van der Waals surface area contributed by atoms with E-state index in [1.165, 1.54) is 4.57 Å². The first-order valence-corrected chi connectivity index (χ1v) is 6.09. The van der Waals surface area contributed by atoms with Gasteiger partial charge in [-0.2, -0.15) is 0 Å². The lowest BCUT2D eigenvalue weighted by atomic mass is 9.85. The van der Waals surface area contributed by atoms with Crippen molar-refractivity contribution in [2.75, 3.05) is 0 Å². The predicted molar refractivity (Wildman–Crippen MR) is 74.6 cm³/mol. The number of aryl methyl sites for hydroxylation is 2. The Hall–Kier alpha value is -2.10. The van der Waals surface area contributed by atoms with Gasteiger partial charge < -0.3 is 9.67 Å². The molecule has 4 heteroatoms. The van der Waals surface area contributed by atoms with Crippen molar-refractivity contribution in [3.63, 3.8) is 0 Å². The molecule has 0 saturated carbocycles. The topological polar surface area (TPSA) is 59.3 Å². The highest BCUT2D eigenvalue weighted by Crippen LogP contribution is 2.24. The van der Waals surface area contributed by atoms with Gasteiger partial charge in [-0.3, -0.25) is 9.59 Å². The molecule has 0 amide bonds. The van der Waals surface area contributed by atoms with Crippen molar-refractivity contribution < 1.29 is 9.90 Å². The largest absolute Gasteiger partial charge is 0.481 e. The smallest absolute Gasteiger partial charge is 0.313 e. The van der Waals surface area contributed by atoms with Crippen LogP contribution in [-0.4, -0.2) is 15.6 Å². The molecule has 4 nitrogen and oxygen atoms in total. The summed E-state index contributed by atoms with van der Waals surface area (Å²) in [6.45, 7) is 5.06. The van der Waals surface area contributed by atoms with E-state index >= 15 is 0 Å². The van der Waals surface area contributed by atoms with Gasteiger partial charge in [-0.15, -0.1) is 0 Å². The van der Waals surface area contributed by atoms with E-state index in [2.05, 4.69) is 0 Å². The first kappa shape index (κ1) is 13.3. The lowest BCUT2D eigenvalue weighted by Crippen LogP contribution is -2.37. The number of aromatic nitrogens is 1. The fourth-order valence-corrected chi connectivity index (χ4v) is 2.17. The van der Waals surface area contributed by atoms with E-state index < -0.39 is 11.4 Å². The second-order valence-corrected chi connectivity index (χ2v) is 5.41. The molecule has 0 bridgehead atoms. The number of hydrogen-bond donors (Lipinski definition) is 1. The van der Waals surface area contributed by atoms with Gasteiger partial charge in [0.1, 0.15) is 0 Å². The molecule has 0 fully saturated rings. The Labute approximate surface area is 111 Å². The van der Waals surface area contributed by atoms with Crippen molar-refractivity contribution in [3.8, 4) is 0 Å². The highest BCUT2D eigenvalue weighted by atomic mass is 16.4. The fourth-order valence-electron chi connectivity index (χ4n) is 2.17. The summed E-state index contributed by atoms with van der Waals surface area (Å²) in [5.41, 5.74) is 0.724. The quantitative estimate of drug-likeness (QED) is 0.899. The van der Waals surface area contributed by atoms with E-state index in [1.807, 2.05) is 25.1 Å². The van der Waals surface area contributed by atoms with Crippen LogP contribution in [-0.2, 0) is 17.3 Å². The standard InChI is InChI=1S/C15H17NO3/c1-9-5-6-12-10(7-9)8-11(13(17)16(12)4)15(2,3)14(18)19/h5-8H,1-4H3,(H,18,19). The maximum absolute atomic E-state index is 12.3. The number of fused-ring (bicyclic) bond motifs is 1. The molecule has 2 aromatic rings. The maximum atomic E-state index is 12.3. The van der Waals surface area contributed by atoms with Crippen LogP contribution in [0.1, 0.15) is 25.0 Å². The molecule has 1 aromatic carbocycles. The van der Waals surface area contributed by atoms with Gasteiger partial charge >= 0.3 is 5.97 Å². The minimum Gasteiger partial charge on any atom is -0.481 e. The molecule has 0 saturated heterocycles. The van der Waals surface area contributed by atoms with Crippen molar-refractivity contribution in [3.05, 3.63) is 45.7 Å². The lowest BCUT2D eigenvalue weighted by Gasteiger charge is -2.20. The number of carboxylic acids is 1. The van der Waals surface area contributed by atoms with E-state index in [1.54, 1.807) is 27.0 Å². The fraction of sp³-hybridized carbons (Fsp3) is 0.333. The van der Waals surface area contributed by atoms with Crippen LogP contribution < -0.4 is 5.56 Å². The Morgan fingerprint density at radius 1 is 1.26 bits per heavy atom. The number of hydrogen-bond acceptors (Lipinski definition) is 2. The van der Waals surface area contributed by atoms with Crippen LogP contribution in [0.5, 0.6) is 0 Å². The highest BCUT2D eigenvalue weighted by Gasteiger charge is 2.32.